The van der Waals surface area contributed by atoms with Crippen LogP contribution in [0.5, 0.6) is 5.75 Å². The maximum absolute atomic E-state index is 9.09. The van der Waals surface area contributed by atoms with Crippen LogP contribution in [0.15, 0.2) is 24.3 Å². The van der Waals surface area contributed by atoms with Crippen LogP contribution in [-0.2, 0) is 13.0 Å². The number of nitrogens with zero attached hydrogens (tertiary/aromatic N) is 1. The van der Waals surface area contributed by atoms with Gasteiger partial charge in [0.2, 0.25) is 0 Å². The second kappa shape index (κ2) is 5.01. The molecule has 0 aliphatic heterocycles. The van der Waals surface area contributed by atoms with Crippen molar-refractivity contribution in [3.63, 3.8) is 0 Å². The first kappa shape index (κ1) is 11.7. The Kier molecular flexibility index (Phi) is 3.44. The molecule has 0 spiro atoms. The van der Waals surface area contributed by atoms with Crippen molar-refractivity contribution in [3.8, 4) is 17.0 Å². The molecule has 0 unspecified atom stereocenters. The van der Waals surface area contributed by atoms with Gasteiger partial charge in [-0.25, -0.2) is 4.98 Å². The summed E-state index contributed by atoms with van der Waals surface area (Å²) in [7, 11) is 1.64. The summed E-state index contributed by atoms with van der Waals surface area (Å²) < 4.78 is 5.12. The van der Waals surface area contributed by atoms with Crippen LogP contribution in [0.2, 0.25) is 0 Å². The lowest BCUT2D eigenvalue weighted by Crippen LogP contribution is -1.87. The molecule has 0 radical (unpaired) electrons. The molecule has 2 N–H and O–H groups in total. The number of rotatable bonds is 4. The van der Waals surface area contributed by atoms with E-state index in [0.29, 0.717) is 5.82 Å². The lowest BCUT2D eigenvalue weighted by molar-refractivity contribution is 0.272. The number of aromatic nitrogens is 2. The van der Waals surface area contributed by atoms with E-state index in [4.69, 9.17) is 9.84 Å². The Hall–Kier alpha value is -1.81. The predicted molar refractivity (Wildman–Crippen MR) is 65.9 cm³/mol. The Morgan fingerprint density at radius 1 is 1.29 bits per heavy atom. The lowest BCUT2D eigenvalue weighted by Gasteiger charge is -2.02. The average molecular weight is 232 g/mol. The van der Waals surface area contributed by atoms with Crippen molar-refractivity contribution in [1.29, 1.82) is 0 Å². The zero-order valence-corrected chi connectivity index (χ0v) is 10.0. The van der Waals surface area contributed by atoms with Crippen molar-refractivity contribution in [2.75, 3.05) is 7.11 Å². The van der Waals surface area contributed by atoms with Gasteiger partial charge in [0.15, 0.2) is 0 Å². The summed E-state index contributed by atoms with van der Waals surface area (Å²) in [5.41, 5.74) is 2.97. The quantitative estimate of drug-likeness (QED) is 0.849. The summed E-state index contributed by atoms with van der Waals surface area (Å²) in [6.07, 6.45) is 0.856. The number of H-pyrrole nitrogens is 1. The minimum Gasteiger partial charge on any atom is -0.497 e. The second-order valence-electron chi connectivity index (χ2n) is 3.75. The fourth-order valence-electron chi connectivity index (χ4n) is 1.78. The van der Waals surface area contributed by atoms with E-state index in [1.165, 1.54) is 0 Å². The topological polar surface area (TPSA) is 58.1 Å². The SMILES string of the molecule is CCc1[nH]c(CO)nc1-c1ccc(OC)cc1. The molecule has 2 aromatic rings. The molecule has 1 aromatic carbocycles. The van der Waals surface area contributed by atoms with Gasteiger partial charge in [-0.15, -0.1) is 0 Å². The van der Waals surface area contributed by atoms with Gasteiger partial charge in [-0.3, -0.25) is 0 Å². The number of benzene rings is 1. The van der Waals surface area contributed by atoms with E-state index in [1.54, 1.807) is 7.11 Å². The number of aliphatic hydroxyl groups is 1. The second-order valence-corrected chi connectivity index (χ2v) is 3.75. The maximum atomic E-state index is 9.09. The Morgan fingerprint density at radius 2 is 2.00 bits per heavy atom. The minimum atomic E-state index is -0.0663. The van der Waals surface area contributed by atoms with Crippen LogP contribution in [0.3, 0.4) is 0 Å². The summed E-state index contributed by atoms with van der Waals surface area (Å²) in [6, 6.07) is 7.74. The molecule has 0 aliphatic carbocycles. The van der Waals surface area contributed by atoms with Gasteiger partial charge in [0.25, 0.3) is 0 Å². The number of aliphatic hydroxyl groups excluding tert-OH is 1. The third-order valence-corrected chi connectivity index (χ3v) is 2.69. The summed E-state index contributed by atoms with van der Waals surface area (Å²) in [6.45, 7) is 1.99. The van der Waals surface area contributed by atoms with E-state index in [2.05, 4.69) is 16.9 Å². The van der Waals surface area contributed by atoms with Crippen molar-refractivity contribution in [3.05, 3.63) is 35.8 Å². The van der Waals surface area contributed by atoms with Crippen molar-refractivity contribution < 1.29 is 9.84 Å². The number of imidazole rings is 1. The van der Waals surface area contributed by atoms with Gasteiger partial charge < -0.3 is 14.8 Å². The molecule has 0 saturated heterocycles. The molecule has 0 saturated carbocycles. The van der Waals surface area contributed by atoms with Gasteiger partial charge in [-0.2, -0.15) is 0 Å². The molecular weight excluding hydrogens is 216 g/mol. The molecule has 0 bridgehead atoms. The molecule has 4 nitrogen and oxygen atoms in total. The van der Waals surface area contributed by atoms with Crippen molar-refractivity contribution in [2.45, 2.75) is 20.0 Å². The highest BCUT2D eigenvalue weighted by atomic mass is 16.5. The van der Waals surface area contributed by atoms with Crippen LogP contribution in [0, 0.1) is 0 Å². The number of methoxy groups -OCH3 is 1. The first-order valence-electron chi connectivity index (χ1n) is 5.61. The van der Waals surface area contributed by atoms with Gasteiger partial charge in [-0.1, -0.05) is 6.92 Å². The summed E-state index contributed by atoms with van der Waals surface area (Å²) in [5, 5.41) is 9.09. The number of hydrogen-bond donors (Lipinski definition) is 2. The normalized spacial score (nSPS) is 10.5. The smallest absolute Gasteiger partial charge is 0.132 e. The summed E-state index contributed by atoms with van der Waals surface area (Å²) >= 11 is 0. The van der Waals surface area contributed by atoms with Crippen LogP contribution in [-0.4, -0.2) is 22.2 Å². The predicted octanol–water partition coefficient (Wildman–Crippen LogP) is 2.14. The summed E-state index contributed by atoms with van der Waals surface area (Å²) in [4.78, 5) is 7.49. The molecule has 0 atom stereocenters. The Bertz CT molecular complexity index is 489. The van der Waals surface area contributed by atoms with E-state index < -0.39 is 0 Å². The molecule has 90 valence electrons. The number of ether oxygens (including phenoxy) is 1. The standard InChI is InChI=1S/C13H16N2O2/c1-3-11-13(15-12(8-16)14-11)9-4-6-10(17-2)7-5-9/h4-7,16H,3,8H2,1-2H3,(H,14,15). The van der Waals surface area contributed by atoms with Crippen molar-refractivity contribution >= 4 is 0 Å². The number of aromatic amines is 1. The Labute approximate surface area is 100 Å². The molecule has 1 aromatic heterocycles. The molecule has 2 rings (SSSR count). The molecular formula is C13H16N2O2. The van der Waals surface area contributed by atoms with Gasteiger partial charge in [0, 0.05) is 11.3 Å². The average Bonchev–Trinajstić information content (AvgIpc) is 2.82. The van der Waals surface area contributed by atoms with Gasteiger partial charge in [0.1, 0.15) is 18.2 Å². The van der Waals surface area contributed by atoms with E-state index in [0.717, 1.165) is 29.1 Å². The van der Waals surface area contributed by atoms with E-state index in [-0.39, 0.29) is 6.61 Å². The monoisotopic (exact) mass is 232 g/mol. The molecule has 4 heteroatoms. The van der Waals surface area contributed by atoms with Crippen LogP contribution in [0.4, 0.5) is 0 Å². The zero-order chi connectivity index (χ0) is 12.3. The zero-order valence-electron chi connectivity index (χ0n) is 10.0. The van der Waals surface area contributed by atoms with Gasteiger partial charge >= 0.3 is 0 Å². The first-order valence-corrected chi connectivity index (χ1v) is 5.61. The van der Waals surface area contributed by atoms with Crippen LogP contribution < -0.4 is 4.74 Å². The van der Waals surface area contributed by atoms with Gasteiger partial charge in [-0.05, 0) is 30.7 Å². The van der Waals surface area contributed by atoms with Crippen LogP contribution in [0.1, 0.15) is 18.4 Å². The third kappa shape index (κ3) is 2.31. The Morgan fingerprint density at radius 3 is 2.53 bits per heavy atom. The largest absolute Gasteiger partial charge is 0.497 e. The molecule has 0 aliphatic rings. The number of nitrogens with one attached hydrogen (secondary N) is 1. The lowest BCUT2D eigenvalue weighted by atomic mass is 10.1. The molecule has 0 amide bonds. The highest BCUT2D eigenvalue weighted by molar-refractivity contribution is 5.63. The molecule has 0 fully saturated rings. The number of aryl methyl sites for hydroxylation is 1. The third-order valence-electron chi connectivity index (χ3n) is 2.69. The van der Waals surface area contributed by atoms with Crippen LogP contribution in [0.25, 0.3) is 11.3 Å². The molecule has 1 heterocycles. The first-order chi connectivity index (χ1) is 8.28. The maximum Gasteiger partial charge on any atom is 0.132 e. The van der Waals surface area contributed by atoms with E-state index >= 15 is 0 Å². The van der Waals surface area contributed by atoms with Crippen molar-refractivity contribution in [1.82, 2.24) is 9.97 Å². The van der Waals surface area contributed by atoms with E-state index in [9.17, 15) is 0 Å². The van der Waals surface area contributed by atoms with Gasteiger partial charge in [0.05, 0.1) is 12.8 Å². The highest BCUT2D eigenvalue weighted by Gasteiger charge is 2.10. The molecule has 17 heavy (non-hydrogen) atoms. The fraction of sp³-hybridized carbons (Fsp3) is 0.308. The number of hydrogen-bond acceptors (Lipinski definition) is 3. The van der Waals surface area contributed by atoms with Crippen LogP contribution >= 0.6 is 0 Å². The fourth-order valence-corrected chi connectivity index (χ4v) is 1.78. The minimum absolute atomic E-state index is 0.0663. The Balaban J connectivity index is 2.40. The summed E-state index contributed by atoms with van der Waals surface area (Å²) in [5.74, 6) is 1.43. The highest BCUT2D eigenvalue weighted by Crippen LogP contribution is 2.24. The van der Waals surface area contributed by atoms with E-state index in [1.807, 2.05) is 24.3 Å². The van der Waals surface area contributed by atoms with Crippen molar-refractivity contribution in [2.24, 2.45) is 0 Å².